The first-order valence-electron chi connectivity index (χ1n) is 7.95. The zero-order valence-electron chi connectivity index (χ0n) is 13.3. The number of nitrogen functional groups attached to an aromatic ring is 1. The molecule has 1 aromatic rings. The Bertz CT molecular complexity index is 479. The zero-order chi connectivity index (χ0) is 15.5. The molecule has 0 radical (unpaired) electrons. The van der Waals surface area contributed by atoms with E-state index in [4.69, 9.17) is 15.5 Å². The van der Waals surface area contributed by atoms with Gasteiger partial charge in [-0.3, -0.25) is 0 Å². The van der Waals surface area contributed by atoms with Gasteiger partial charge >= 0.3 is 0 Å². The minimum absolute atomic E-state index is 0.340. The highest BCUT2D eigenvalue weighted by Gasteiger charge is 2.38. The summed E-state index contributed by atoms with van der Waals surface area (Å²) >= 11 is 3.53. The Hall–Kier alpha value is -0.680. The maximum atomic E-state index is 6.12. The van der Waals surface area contributed by atoms with Crippen LogP contribution in [0.2, 0.25) is 0 Å². The molecule has 118 valence electrons. The molecule has 0 aliphatic heterocycles. The second kappa shape index (κ2) is 7.05. The third-order valence-electron chi connectivity index (χ3n) is 4.04. The molecule has 21 heavy (non-hydrogen) atoms. The lowest BCUT2D eigenvalue weighted by Crippen LogP contribution is -2.35. The Balaban J connectivity index is 2.42. The average Bonchev–Trinajstić information content (AvgIpc) is 2.44. The fourth-order valence-electron chi connectivity index (χ4n) is 3.07. The van der Waals surface area contributed by atoms with E-state index in [0.717, 1.165) is 35.3 Å². The van der Waals surface area contributed by atoms with Crippen molar-refractivity contribution in [2.45, 2.75) is 64.9 Å². The van der Waals surface area contributed by atoms with Gasteiger partial charge in [-0.15, -0.1) is 0 Å². The summed E-state index contributed by atoms with van der Waals surface area (Å²) in [6, 6.07) is 0. The number of halogens is 1. The largest absolute Gasteiger partial charge is 0.383 e. The molecule has 0 spiro atoms. The Labute approximate surface area is 136 Å². The van der Waals surface area contributed by atoms with E-state index in [2.05, 4.69) is 34.8 Å². The quantitative estimate of drug-likeness (QED) is 0.858. The summed E-state index contributed by atoms with van der Waals surface area (Å²) in [7, 11) is 0. The minimum Gasteiger partial charge on any atom is -0.383 e. The van der Waals surface area contributed by atoms with Crippen molar-refractivity contribution in [3.05, 3.63) is 16.0 Å². The monoisotopic (exact) mass is 355 g/mol. The Morgan fingerprint density at radius 1 is 1.24 bits per heavy atom. The van der Waals surface area contributed by atoms with Crippen LogP contribution in [0.4, 0.5) is 5.82 Å². The minimum atomic E-state index is -0.340. The lowest BCUT2D eigenvalue weighted by Gasteiger charge is -2.36. The number of hydrogen-bond acceptors (Lipinski definition) is 4. The standard InChI is InChI=1S/C16H26BrN3O/c1-4-21-16(8-6-5-7-9-16)15-19-12(10-11(2)3)13(17)14(18)20-15/h11H,4-10H2,1-3H3,(H2,18,19,20). The van der Waals surface area contributed by atoms with Gasteiger partial charge in [-0.05, 0) is 48.0 Å². The van der Waals surface area contributed by atoms with Crippen molar-refractivity contribution in [2.75, 3.05) is 12.3 Å². The molecule has 1 saturated carbocycles. The van der Waals surface area contributed by atoms with E-state index in [0.29, 0.717) is 18.3 Å². The van der Waals surface area contributed by atoms with Gasteiger partial charge in [0.25, 0.3) is 0 Å². The van der Waals surface area contributed by atoms with Gasteiger partial charge in [0.2, 0.25) is 0 Å². The molecule has 0 aromatic carbocycles. The summed E-state index contributed by atoms with van der Waals surface area (Å²) in [5.74, 6) is 1.83. The van der Waals surface area contributed by atoms with E-state index >= 15 is 0 Å². The molecule has 1 aliphatic carbocycles. The van der Waals surface area contributed by atoms with E-state index in [1.54, 1.807) is 0 Å². The first-order valence-corrected chi connectivity index (χ1v) is 8.74. The zero-order valence-corrected chi connectivity index (χ0v) is 14.9. The highest BCUT2D eigenvalue weighted by atomic mass is 79.9. The number of rotatable bonds is 5. The van der Waals surface area contributed by atoms with Crippen molar-refractivity contribution in [3.63, 3.8) is 0 Å². The van der Waals surface area contributed by atoms with Crippen LogP contribution in [0.1, 0.15) is 64.4 Å². The van der Waals surface area contributed by atoms with Crippen LogP contribution < -0.4 is 5.73 Å². The summed E-state index contributed by atoms with van der Waals surface area (Å²) in [5.41, 5.74) is 6.76. The SMILES string of the molecule is CCOC1(c2nc(N)c(Br)c(CC(C)C)n2)CCCCC1. The summed E-state index contributed by atoms with van der Waals surface area (Å²) in [4.78, 5) is 9.37. The number of aromatic nitrogens is 2. The Morgan fingerprint density at radius 3 is 2.48 bits per heavy atom. The Kier molecular flexibility index (Phi) is 5.60. The van der Waals surface area contributed by atoms with Crippen molar-refractivity contribution in [2.24, 2.45) is 5.92 Å². The van der Waals surface area contributed by atoms with E-state index in [-0.39, 0.29) is 5.60 Å². The van der Waals surface area contributed by atoms with Crippen molar-refractivity contribution in [1.82, 2.24) is 9.97 Å². The normalized spacial score (nSPS) is 18.1. The summed E-state index contributed by atoms with van der Waals surface area (Å²) in [6.45, 7) is 7.08. The van der Waals surface area contributed by atoms with Gasteiger partial charge in [0.1, 0.15) is 11.4 Å². The van der Waals surface area contributed by atoms with E-state index in [1.807, 2.05) is 6.92 Å². The van der Waals surface area contributed by atoms with Crippen molar-refractivity contribution in [3.8, 4) is 0 Å². The molecule has 1 fully saturated rings. The molecule has 2 rings (SSSR count). The molecule has 5 heteroatoms. The fourth-order valence-corrected chi connectivity index (χ4v) is 3.41. The molecule has 0 amide bonds. The third-order valence-corrected chi connectivity index (χ3v) is 4.90. The van der Waals surface area contributed by atoms with Gasteiger partial charge < -0.3 is 10.5 Å². The van der Waals surface area contributed by atoms with Gasteiger partial charge in [-0.1, -0.05) is 33.1 Å². The van der Waals surface area contributed by atoms with Gasteiger partial charge in [-0.2, -0.15) is 0 Å². The van der Waals surface area contributed by atoms with E-state index in [1.165, 1.54) is 19.3 Å². The molecule has 0 atom stereocenters. The van der Waals surface area contributed by atoms with Gasteiger partial charge in [0.15, 0.2) is 5.82 Å². The molecule has 1 aromatic heterocycles. The smallest absolute Gasteiger partial charge is 0.162 e. The highest BCUT2D eigenvalue weighted by Crippen LogP contribution is 2.40. The molecule has 1 heterocycles. The number of nitrogens with two attached hydrogens (primary N) is 1. The first-order chi connectivity index (χ1) is 9.98. The Morgan fingerprint density at radius 2 is 1.90 bits per heavy atom. The van der Waals surface area contributed by atoms with Crippen molar-refractivity contribution >= 4 is 21.7 Å². The average molecular weight is 356 g/mol. The second-order valence-electron chi connectivity index (χ2n) is 6.28. The number of nitrogens with zero attached hydrogens (tertiary/aromatic N) is 2. The predicted molar refractivity (Wildman–Crippen MR) is 89.1 cm³/mol. The maximum Gasteiger partial charge on any atom is 0.162 e. The van der Waals surface area contributed by atoms with Crippen molar-refractivity contribution < 1.29 is 4.74 Å². The van der Waals surface area contributed by atoms with Crippen molar-refractivity contribution in [1.29, 1.82) is 0 Å². The predicted octanol–water partition coefficient (Wildman–Crippen LogP) is 4.22. The molecule has 0 unspecified atom stereocenters. The number of anilines is 1. The molecule has 2 N–H and O–H groups in total. The molecule has 0 saturated heterocycles. The summed E-state index contributed by atoms with van der Waals surface area (Å²) < 4.78 is 6.95. The van der Waals surface area contributed by atoms with Crippen LogP contribution in [-0.4, -0.2) is 16.6 Å². The molecule has 4 nitrogen and oxygen atoms in total. The van der Waals surface area contributed by atoms with E-state index in [9.17, 15) is 0 Å². The lowest BCUT2D eigenvalue weighted by molar-refractivity contribution is -0.0767. The van der Waals surface area contributed by atoms with Crippen LogP contribution in [0.15, 0.2) is 4.47 Å². The van der Waals surface area contributed by atoms with Crippen LogP contribution in [0, 0.1) is 5.92 Å². The van der Waals surface area contributed by atoms with Crippen LogP contribution in [0.25, 0.3) is 0 Å². The van der Waals surface area contributed by atoms with Crippen LogP contribution in [0.3, 0.4) is 0 Å². The molecular weight excluding hydrogens is 330 g/mol. The van der Waals surface area contributed by atoms with Gasteiger partial charge in [-0.25, -0.2) is 9.97 Å². The summed E-state index contributed by atoms with van der Waals surface area (Å²) in [6.07, 6.45) is 6.46. The molecular formula is C16H26BrN3O. The van der Waals surface area contributed by atoms with Gasteiger partial charge in [0, 0.05) is 6.61 Å². The highest BCUT2D eigenvalue weighted by molar-refractivity contribution is 9.10. The lowest BCUT2D eigenvalue weighted by atomic mass is 9.83. The second-order valence-corrected chi connectivity index (χ2v) is 7.07. The fraction of sp³-hybridized carbons (Fsp3) is 0.750. The number of ether oxygens (including phenoxy) is 1. The number of hydrogen-bond donors (Lipinski definition) is 1. The first kappa shape index (κ1) is 16.7. The van der Waals surface area contributed by atoms with Gasteiger partial charge in [0.05, 0.1) is 10.2 Å². The third kappa shape index (κ3) is 3.75. The van der Waals surface area contributed by atoms with Crippen LogP contribution in [-0.2, 0) is 16.8 Å². The van der Waals surface area contributed by atoms with Crippen LogP contribution >= 0.6 is 15.9 Å². The molecule has 0 bridgehead atoms. The maximum absolute atomic E-state index is 6.12. The van der Waals surface area contributed by atoms with E-state index < -0.39 is 0 Å². The summed E-state index contributed by atoms with van der Waals surface area (Å²) in [5, 5.41) is 0. The molecule has 1 aliphatic rings. The topological polar surface area (TPSA) is 61.0 Å². The van der Waals surface area contributed by atoms with Crippen LogP contribution in [0.5, 0.6) is 0 Å².